The van der Waals surface area contributed by atoms with Crippen molar-refractivity contribution in [2.75, 3.05) is 11.9 Å². The van der Waals surface area contributed by atoms with E-state index in [1.165, 1.54) is 17.1 Å². The highest BCUT2D eigenvalue weighted by molar-refractivity contribution is 7.09. The number of rotatable bonds is 4. The standard InChI is InChI=1S/C15H20N4S/c1-11-14(17-15-16-12(2)18-20-15)8-9-19(11)10-13-6-4-3-5-7-13/h3-7,11,14H,8-10H2,1-2H3,(H,16,17,18). The maximum atomic E-state index is 4.40. The van der Waals surface area contributed by atoms with Gasteiger partial charge in [0.15, 0.2) is 0 Å². The van der Waals surface area contributed by atoms with Crippen LogP contribution in [0.25, 0.3) is 0 Å². The lowest BCUT2D eigenvalue weighted by molar-refractivity contribution is 0.255. The second kappa shape index (κ2) is 5.89. The van der Waals surface area contributed by atoms with Gasteiger partial charge in [0.05, 0.1) is 0 Å². The van der Waals surface area contributed by atoms with Crippen LogP contribution >= 0.6 is 11.5 Å². The molecule has 4 nitrogen and oxygen atoms in total. The third-order valence-corrected chi connectivity index (χ3v) is 4.69. The highest BCUT2D eigenvalue weighted by Crippen LogP contribution is 2.24. The number of aryl methyl sites for hydroxylation is 1. The zero-order valence-electron chi connectivity index (χ0n) is 11.9. The predicted molar refractivity (Wildman–Crippen MR) is 83.0 cm³/mol. The summed E-state index contributed by atoms with van der Waals surface area (Å²) in [6.07, 6.45) is 1.16. The summed E-state index contributed by atoms with van der Waals surface area (Å²) < 4.78 is 4.22. The molecule has 2 atom stereocenters. The lowest BCUT2D eigenvalue weighted by Crippen LogP contribution is -2.35. The molecule has 0 saturated carbocycles. The van der Waals surface area contributed by atoms with Crippen LogP contribution in [-0.4, -0.2) is 32.9 Å². The minimum Gasteiger partial charge on any atom is -0.356 e. The maximum absolute atomic E-state index is 4.40. The van der Waals surface area contributed by atoms with Crippen molar-refractivity contribution in [1.29, 1.82) is 0 Å². The van der Waals surface area contributed by atoms with Crippen molar-refractivity contribution in [1.82, 2.24) is 14.3 Å². The molecule has 1 aliphatic heterocycles. The van der Waals surface area contributed by atoms with Crippen LogP contribution in [0.1, 0.15) is 24.7 Å². The molecule has 1 N–H and O–H groups in total. The number of nitrogens with zero attached hydrogens (tertiary/aromatic N) is 3. The van der Waals surface area contributed by atoms with Gasteiger partial charge in [-0.1, -0.05) is 30.3 Å². The Morgan fingerprint density at radius 1 is 1.35 bits per heavy atom. The van der Waals surface area contributed by atoms with Crippen LogP contribution in [0.2, 0.25) is 0 Å². The third-order valence-electron chi connectivity index (χ3n) is 3.95. The minimum absolute atomic E-state index is 0.464. The van der Waals surface area contributed by atoms with Gasteiger partial charge >= 0.3 is 0 Å². The molecule has 1 aromatic heterocycles. The van der Waals surface area contributed by atoms with Crippen molar-refractivity contribution in [2.24, 2.45) is 0 Å². The van der Waals surface area contributed by atoms with Gasteiger partial charge in [-0.05, 0) is 25.8 Å². The second-order valence-electron chi connectivity index (χ2n) is 5.38. The Morgan fingerprint density at radius 3 is 2.85 bits per heavy atom. The number of hydrogen-bond acceptors (Lipinski definition) is 5. The molecule has 1 fully saturated rings. The third kappa shape index (κ3) is 2.99. The SMILES string of the molecule is Cc1nsc(NC2CCN(Cc3ccccc3)C2C)n1. The Morgan fingerprint density at radius 2 is 2.15 bits per heavy atom. The highest BCUT2D eigenvalue weighted by Gasteiger charge is 2.30. The molecule has 20 heavy (non-hydrogen) atoms. The normalized spacial score (nSPS) is 23.1. The molecule has 0 spiro atoms. The first-order valence-corrected chi connectivity index (χ1v) is 7.84. The number of hydrogen-bond donors (Lipinski definition) is 1. The molecule has 2 aromatic rings. The first-order valence-electron chi connectivity index (χ1n) is 7.07. The molecule has 1 saturated heterocycles. The molecular weight excluding hydrogens is 268 g/mol. The van der Waals surface area contributed by atoms with Crippen molar-refractivity contribution in [3.63, 3.8) is 0 Å². The summed E-state index contributed by atoms with van der Waals surface area (Å²) in [5.74, 6) is 0.851. The largest absolute Gasteiger partial charge is 0.356 e. The molecule has 2 heterocycles. The summed E-state index contributed by atoms with van der Waals surface area (Å²) in [6.45, 7) is 6.38. The van der Waals surface area contributed by atoms with E-state index in [4.69, 9.17) is 0 Å². The van der Waals surface area contributed by atoms with E-state index in [0.717, 1.165) is 30.5 Å². The lowest BCUT2D eigenvalue weighted by Gasteiger charge is -2.24. The average Bonchev–Trinajstić information content (AvgIpc) is 3.01. The molecule has 106 valence electrons. The zero-order chi connectivity index (χ0) is 13.9. The fourth-order valence-corrected chi connectivity index (χ4v) is 3.39. The van der Waals surface area contributed by atoms with E-state index in [1.807, 2.05) is 6.92 Å². The smallest absolute Gasteiger partial charge is 0.202 e. The second-order valence-corrected chi connectivity index (χ2v) is 6.13. The summed E-state index contributed by atoms with van der Waals surface area (Å²) in [6, 6.07) is 11.7. The lowest BCUT2D eigenvalue weighted by atomic mass is 10.1. The predicted octanol–water partition coefficient (Wildman–Crippen LogP) is 2.92. The van der Waals surface area contributed by atoms with E-state index in [9.17, 15) is 0 Å². The van der Waals surface area contributed by atoms with E-state index in [2.05, 4.69) is 56.8 Å². The van der Waals surface area contributed by atoms with Gasteiger partial charge < -0.3 is 5.32 Å². The van der Waals surface area contributed by atoms with Crippen molar-refractivity contribution in [3.05, 3.63) is 41.7 Å². The fraction of sp³-hybridized carbons (Fsp3) is 0.467. The molecule has 1 aliphatic rings. The van der Waals surface area contributed by atoms with Gasteiger partial charge in [0.1, 0.15) is 5.82 Å². The van der Waals surface area contributed by atoms with Crippen molar-refractivity contribution in [3.8, 4) is 0 Å². The van der Waals surface area contributed by atoms with E-state index < -0.39 is 0 Å². The Bertz CT molecular complexity index is 554. The van der Waals surface area contributed by atoms with Crippen LogP contribution in [0, 0.1) is 6.92 Å². The van der Waals surface area contributed by atoms with Gasteiger partial charge in [-0.25, -0.2) is 4.98 Å². The molecular formula is C15H20N4S. The van der Waals surface area contributed by atoms with Crippen LogP contribution in [0.5, 0.6) is 0 Å². The topological polar surface area (TPSA) is 41.1 Å². The number of benzene rings is 1. The molecule has 0 amide bonds. The van der Waals surface area contributed by atoms with E-state index in [1.54, 1.807) is 0 Å². The quantitative estimate of drug-likeness (QED) is 0.939. The van der Waals surface area contributed by atoms with E-state index in [0.29, 0.717) is 12.1 Å². The Labute approximate surface area is 124 Å². The average molecular weight is 288 g/mol. The van der Waals surface area contributed by atoms with Crippen LogP contribution in [-0.2, 0) is 6.54 Å². The molecule has 2 unspecified atom stereocenters. The van der Waals surface area contributed by atoms with Gasteiger partial charge in [-0.3, -0.25) is 4.90 Å². The van der Waals surface area contributed by atoms with Crippen molar-refractivity contribution in [2.45, 2.75) is 38.9 Å². The van der Waals surface area contributed by atoms with Gasteiger partial charge in [-0.2, -0.15) is 4.37 Å². The summed E-state index contributed by atoms with van der Waals surface area (Å²) in [5.41, 5.74) is 1.38. The van der Waals surface area contributed by atoms with E-state index in [-0.39, 0.29) is 0 Å². The summed E-state index contributed by atoms with van der Waals surface area (Å²) >= 11 is 1.45. The Hall–Kier alpha value is -1.46. The van der Waals surface area contributed by atoms with Crippen LogP contribution < -0.4 is 5.32 Å². The van der Waals surface area contributed by atoms with E-state index >= 15 is 0 Å². The first-order chi connectivity index (χ1) is 9.72. The Balaban J connectivity index is 1.60. The molecule has 5 heteroatoms. The maximum Gasteiger partial charge on any atom is 0.202 e. The first kappa shape index (κ1) is 13.5. The number of aromatic nitrogens is 2. The highest BCUT2D eigenvalue weighted by atomic mass is 32.1. The van der Waals surface area contributed by atoms with Gasteiger partial charge in [0, 0.05) is 36.7 Å². The van der Waals surface area contributed by atoms with Crippen LogP contribution in [0.15, 0.2) is 30.3 Å². The van der Waals surface area contributed by atoms with Gasteiger partial charge in [0.25, 0.3) is 0 Å². The number of anilines is 1. The zero-order valence-corrected chi connectivity index (χ0v) is 12.7. The summed E-state index contributed by atoms with van der Waals surface area (Å²) in [5, 5.41) is 4.48. The molecule has 3 rings (SSSR count). The molecule has 1 aromatic carbocycles. The van der Waals surface area contributed by atoms with Crippen LogP contribution in [0.3, 0.4) is 0 Å². The molecule has 0 bridgehead atoms. The van der Waals surface area contributed by atoms with Gasteiger partial charge in [-0.15, -0.1) is 0 Å². The summed E-state index contributed by atoms with van der Waals surface area (Å²) in [4.78, 5) is 6.92. The fourth-order valence-electron chi connectivity index (χ4n) is 2.75. The number of nitrogens with one attached hydrogen (secondary N) is 1. The molecule has 0 radical (unpaired) electrons. The monoisotopic (exact) mass is 288 g/mol. The van der Waals surface area contributed by atoms with Crippen molar-refractivity contribution < 1.29 is 0 Å². The summed E-state index contributed by atoms with van der Waals surface area (Å²) in [7, 11) is 0. The minimum atomic E-state index is 0.464. The molecule has 0 aliphatic carbocycles. The van der Waals surface area contributed by atoms with Crippen LogP contribution in [0.4, 0.5) is 5.13 Å². The Kier molecular flexibility index (Phi) is 3.98. The van der Waals surface area contributed by atoms with Gasteiger partial charge in [0.2, 0.25) is 5.13 Å². The van der Waals surface area contributed by atoms with Crippen molar-refractivity contribution >= 4 is 16.7 Å². The number of likely N-dealkylation sites (tertiary alicyclic amines) is 1.